The molecule has 0 aliphatic carbocycles. The van der Waals surface area contributed by atoms with Crippen molar-refractivity contribution in [1.82, 2.24) is 4.57 Å². The van der Waals surface area contributed by atoms with Gasteiger partial charge in [0, 0.05) is 30.7 Å². The van der Waals surface area contributed by atoms with Gasteiger partial charge in [0.2, 0.25) is 0 Å². The minimum absolute atomic E-state index is 0.570. The van der Waals surface area contributed by atoms with Crippen molar-refractivity contribution in [3.63, 3.8) is 0 Å². The number of hydrogen-bond donors (Lipinski definition) is 1. The molecule has 2 aromatic rings. The summed E-state index contributed by atoms with van der Waals surface area (Å²) in [7, 11) is 2.07. The van der Waals surface area contributed by atoms with Gasteiger partial charge in [0.1, 0.15) is 0 Å². The van der Waals surface area contributed by atoms with E-state index in [0.717, 1.165) is 0 Å². The number of aromatic nitrogens is 1. The number of hydrogen-bond acceptors (Lipinski definition) is 1. The standard InChI is InChI=1S/C13H18N2/c1-9(2)10-4-5-13-12(6-10)11(7-14)8-15(13)3/h4-6,8-9H,7,14H2,1-3H3. The van der Waals surface area contributed by atoms with Gasteiger partial charge in [-0.05, 0) is 29.2 Å². The average Bonchev–Trinajstić information content (AvgIpc) is 2.55. The van der Waals surface area contributed by atoms with Gasteiger partial charge in [0.05, 0.1) is 0 Å². The first-order valence-corrected chi connectivity index (χ1v) is 5.41. The molecule has 0 radical (unpaired) electrons. The Morgan fingerprint density at radius 1 is 1.33 bits per heavy atom. The third-order valence-electron chi connectivity index (χ3n) is 2.98. The summed E-state index contributed by atoms with van der Waals surface area (Å²) < 4.78 is 2.14. The van der Waals surface area contributed by atoms with Crippen molar-refractivity contribution in [2.45, 2.75) is 26.3 Å². The van der Waals surface area contributed by atoms with E-state index in [0.29, 0.717) is 12.5 Å². The second-order valence-electron chi connectivity index (χ2n) is 4.40. The summed E-state index contributed by atoms with van der Waals surface area (Å²) in [6.45, 7) is 5.04. The number of aryl methyl sites for hydroxylation is 1. The van der Waals surface area contributed by atoms with Crippen LogP contribution in [-0.4, -0.2) is 4.57 Å². The van der Waals surface area contributed by atoms with Crippen molar-refractivity contribution >= 4 is 10.9 Å². The number of fused-ring (bicyclic) bond motifs is 1. The topological polar surface area (TPSA) is 30.9 Å². The molecule has 80 valence electrons. The van der Waals surface area contributed by atoms with Gasteiger partial charge in [-0.25, -0.2) is 0 Å². The maximum absolute atomic E-state index is 5.74. The first-order chi connectivity index (χ1) is 7.13. The Morgan fingerprint density at radius 2 is 2.07 bits per heavy atom. The van der Waals surface area contributed by atoms with Crippen molar-refractivity contribution in [2.24, 2.45) is 12.8 Å². The summed E-state index contributed by atoms with van der Waals surface area (Å²) in [6, 6.07) is 6.65. The quantitative estimate of drug-likeness (QED) is 0.797. The van der Waals surface area contributed by atoms with Crippen LogP contribution in [0, 0.1) is 0 Å². The molecule has 0 atom stereocenters. The minimum atomic E-state index is 0.570. The molecule has 0 spiro atoms. The van der Waals surface area contributed by atoms with Crippen LogP contribution in [0.15, 0.2) is 24.4 Å². The summed E-state index contributed by atoms with van der Waals surface area (Å²) in [6.07, 6.45) is 2.12. The molecule has 1 heterocycles. The molecule has 1 aromatic heterocycles. The lowest BCUT2D eigenvalue weighted by Gasteiger charge is -2.06. The normalized spacial score (nSPS) is 11.5. The summed E-state index contributed by atoms with van der Waals surface area (Å²) in [5, 5.41) is 1.30. The third kappa shape index (κ3) is 1.65. The van der Waals surface area contributed by atoms with E-state index in [4.69, 9.17) is 5.73 Å². The lowest BCUT2D eigenvalue weighted by atomic mass is 10.0. The Bertz CT molecular complexity index is 480. The Labute approximate surface area is 90.7 Å². The lowest BCUT2D eigenvalue weighted by Crippen LogP contribution is -1.95. The zero-order valence-corrected chi connectivity index (χ0v) is 9.62. The summed E-state index contributed by atoms with van der Waals surface area (Å²) >= 11 is 0. The van der Waals surface area contributed by atoms with Crippen LogP contribution in [-0.2, 0) is 13.6 Å². The molecular weight excluding hydrogens is 184 g/mol. The van der Waals surface area contributed by atoms with Crippen LogP contribution >= 0.6 is 0 Å². The van der Waals surface area contributed by atoms with Crippen LogP contribution in [0.3, 0.4) is 0 Å². The zero-order valence-electron chi connectivity index (χ0n) is 9.62. The summed E-state index contributed by atoms with van der Waals surface area (Å²) in [4.78, 5) is 0. The fraction of sp³-hybridized carbons (Fsp3) is 0.385. The van der Waals surface area contributed by atoms with Crippen molar-refractivity contribution in [2.75, 3.05) is 0 Å². The predicted molar refractivity (Wildman–Crippen MR) is 64.9 cm³/mol. The highest BCUT2D eigenvalue weighted by Crippen LogP contribution is 2.25. The zero-order chi connectivity index (χ0) is 11.0. The van der Waals surface area contributed by atoms with Crippen molar-refractivity contribution < 1.29 is 0 Å². The van der Waals surface area contributed by atoms with Crippen molar-refractivity contribution in [3.8, 4) is 0 Å². The number of benzene rings is 1. The molecule has 2 N–H and O–H groups in total. The second kappa shape index (κ2) is 3.70. The van der Waals surface area contributed by atoms with Crippen molar-refractivity contribution in [1.29, 1.82) is 0 Å². The number of nitrogens with two attached hydrogens (primary N) is 1. The fourth-order valence-corrected chi connectivity index (χ4v) is 2.01. The van der Waals surface area contributed by atoms with Crippen LogP contribution in [0.5, 0.6) is 0 Å². The van der Waals surface area contributed by atoms with Gasteiger partial charge in [-0.3, -0.25) is 0 Å². The van der Waals surface area contributed by atoms with E-state index in [2.05, 4.69) is 49.9 Å². The third-order valence-corrected chi connectivity index (χ3v) is 2.98. The van der Waals surface area contributed by atoms with Crippen LogP contribution in [0.1, 0.15) is 30.9 Å². The Balaban J connectivity index is 2.68. The van der Waals surface area contributed by atoms with Gasteiger partial charge in [0.15, 0.2) is 0 Å². The van der Waals surface area contributed by atoms with E-state index >= 15 is 0 Å². The molecule has 2 nitrogen and oxygen atoms in total. The molecule has 0 amide bonds. The van der Waals surface area contributed by atoms with Crippen LogP contribution in [0.4, 0.5) is 0 Å². The summed E-state index contributed by atoms with van der Waals surface area (Å²) in [5.41, 5.74) is 9.62. The van der Waals surface area contributed by atoms with E-state index in [1.807, 2.05) is 0 Å². The molecule has 0 aliphatic heterocycles. The minimum Gasteiger partial charge on any atom is -0.350 e. The molecule has 0 aliphatic rings. The van der Waals surface area contributed by atoms with Gasteiger partial charge in [-0.15, -0.1) is 0 Å². The second-order valence-corrected chi connectivity index (χ2v) is 4.40. The molecule has 0 saturated carbocycles. The smallest absolute Gasteiger partial charge is 0.0481 e. The molecule has 0 fully saturated rings. The molecule has 0 unspecified atom stereocenters. The van der Waals surface area contributed by atoms with Gasteiger partial charge >= 0.3 is 0 Å². The van der Waals surface area contributed by atoms with E-state index in [1.54, 1.807) is 0 Å². The van der Waals surface area contributed by atoms with Crippen molar-refractivity contribution in [3.05, 3.63) is 35.5 Å². The van der Waals surface area contributed by atoms with Gasteiger partial charge in [0.25, 0.3) is 0 Å². The predicted octanol–water partition coefficient (Wildman–Crippen LogP) is 2.76. The number of rotatable bonds is 2. The first-order valence-electron chi connectivity index (χ1n) is 5.41. The maximum atomic E-state index is 5.74. The molecule has 2 rings (SSSR count). The maximum Gasteiger partial charge on any atom is 0.0481 e. The van der Waals surface area contributed by atoms with Crippen LogP contribution < -0.4 is 5.73 Å². The Morgan fingerprint density at radius 3 is 2.67 bits per heavy atom. The molecule has 1 aromatic carbocycles. The van der Waals surface area contributed by atoms with E-state index in [9.17, 15) is 0 Å². The Hall–Kier alpha value is -1.28. The van der Waals surface area contributed by atoms with E-state index < -0.39 is 0 Å². The molecule has 0 bridgehead atoms. The first kappa shape index (κ1) is 10.2. The molecular formula is C13H18N2. The highest BCUT2D eigenvalue weighted by atomic mass is 14.9. The van der Waals surface area contributed by atoms with Crippen LogP contribution in [0.2, 0.25) is 0 Å². The Kier molecular flexibility index (Phi) is 2.53. The van der Waals surface area contributed by atoms with E-state index in [1.165, 1.54) is 22.0 Å². The SMILES string of the molecule is CC(C)c1ccc2c(c1)c(CN)cn2C. The van der Waals surface area contributed by atoms with Crippen LogP contribution in [0.25, 0.3) is 10.9 Å². The lowest BCUT2D eigenvalue weighted by molar-refractivity contribution is 0.868. The monoisotopic (exact) mass is 202 g/mol. The largest absolute Gasteiger partial charge is 0.350 e. The highest BCUT2D eigenvalue weighted by Gasteiger charge is 2.07. The summed E-state index contributed by atoms with van der Waals surface area (Å²) in [5.74, 6) is 0.570. The highest BCUT2D eigenvalue weighted by molar-refractivity contribution is 5.84. The fourth-order valence-electron chi connectivity index (χ4n) is 2.01. The molecule has 15 heavy (non-hydrogen) atoms. The molecule has 0 saturated heterocycles. The van der Waals surface area contributed by atoms with E-state index in [-0.39, 0.29) is 0 Å². The average molecular weight is 202 g/mol. The van der Waals surface area contributed by atoms with Gasteiger partial charge in [-0.2, -0.15) is 0 Å². The van der Waals surface area contributed by atoms with Gasteiger partial charge < -0.3 is 10.3 Å². The molecule has 2 heteroatoms. The van der Waals surface area contributed by atoms with Gasteiger partial charge in [-0.1, -0.05) is 19.9 Å². The number of nitrogens with zero attached hydrogens (tertiary/aromatic N) is 1.